The van der Waals surface area contributed by atoms with Crippen molar-refractivity contribution in [3.63, 3.8) is 0 Å². The number of nitrogens with zero attached hydrogens (tertiary/aromatic N) is 3. The lowest BCUT2D eigenvalue weighted by atomic mass is 10.2. The van der Waals surface area contributed by atoms with Crippen molar-refractivity contribution in [3.8, 4) is 11.3 Å². The first-order valence-electron chi connectivity index (χ1n) is 3.56. The van der Waals surface area contributed by atoms with E-state index < -0.39 is 0 Å². The standard InChI is InChI=1S/C8H8N4/c9-12-5-8(11-6-12)7-2-1-3-10-4-7/h1-6H,9H2. The third-order valence-corrected chi connectivity index (χ3v) is 1.56. The lowest BCUT2D eigenvalue weighted by Crippen LogP contribution is -2.02. The zero-order chi connectivity index (χ0) is 8.39. The van der Waals surface area contributed by atoms with E-state index in [0.717, 1.165) is 11.3 Å². The number of nitrogen functional groups attached to an aromatic ring is 1. The number of nitrogens with two attached hydrogens (primary N) is 1. The summed E-state index contributed by atoms with van der Waals surface area (Å²) in [6.07, 6.45) is 6.78. The maximum Gasteiger partial charge on any atom is 0.114 e. The molecule has 2 N–H and O–H groups in total. The number of imidazole rings is 1. The fourth-order valence-corrected chi connectivity index (χ4v) is 1.00. The van der Waals surface area contributed by atoms with Crippen molar-refractivity contribution in [3.05, 3.63) is 37.1 Å². The predicted molar refractivity (Wildman–Crippen MR) is 45.6 cm³/mol. The SMILES string of the molecule is Nn1cnc(-c2cccnc2)c1. The molecule has 0 aliphatic heterocycles. The van der Waals surface area contributed by atoms with Gasteiger partial charge in [0.1, 0.15) is 6.33 Å². The summed E-state index contributed by atoms with van der Waals surface area (Å²) in [5, 5.41) is 0. The molecule has 60 valence electrons. The van der Waals surface area contributed by atoms with Crippen molar-refractivity contribution >= 4 is 0 Å². The Labute approximate surface area is 69.7 Å². The average Bonchev–Trinajstić information content (AvgIpc) is 2.54. The van der Waals surface area contributed by atoms with Gasteiger partial charge < -0.3 is 5.84 Å². The lowest BCUT2D eigenvalue weighted by molar-refractivity contribution is 1.00. The molecule has 0 atom stereocenters. The summed E-state index contributed by atoms with van der Waals surface area (Å²) in [4.78, 5) is 8.06. The Bertz CT molecular complexity index is 366. The maximum atomic E-state index is 5.45. The first-order chi connectivity index (χ1) is 5.86. The smallest absolute Gasteiger partial charge is 0.114 e. The second-order valence-electron chi connectivity index (χ2n) is 2.45. The van der Waals surface area contributed by atoms with Gasteiger partial charge in [0.2, 0.25) is 0 Å². The van der Waals surface area contributed by atoms with Crippen LogP contribution >= 0.6 is 0 Å². The van der Waals surface area contributed by atoms with E-state index in [1.54, 1.807) is 24.9 Å². The molecule has 0 bridgehead atoms. The molecule has 0 amide bonds. The van der Waals surface area contributed by atoms with Gasteiger partial charge in [-0.25, -0.2) is 4.98 Å². The fraction of sp³-hybridized carbons (Fsp3) is 0. The molecular formula is C8H8N4. The van der Waals surface area contributed by atoms with Gasteiger partial charge in [-0.1, -0.05) is 0 Å². The maximum absolute atomic E-state index is 5.45. The summed E-state index contributed by atoms with van der Waals surface area (Å²) in [6, 6.07) is 3.81. The molecule has 2 aromatic heterocycles. The minimum absolute atomic E-state index is 0.839. The highest BCUT2D eigenvalue weighted by Gasteiger charge is 1.98. The summed E-state index contributed by atoms with van der Waals surface area (Å²) >= 11 is 0. The second-order valence-corrected chi connectivity index (χ2v) is 2.45. The topological polar surface area (TPSA) is 56.7 Å². The third kappa shape index (κ3) is 1.14. The molecule has 0 spiro atoms. The molecule has 0 aliphatic carbocycles. The largest absolute Gasteiger partial charge is 0.338 e. The Kier molecular flexibility index (Phi) is 1.51. The number of hydrogen-bond acceptors (Lipinski definition) is 3. The molecule has 2 heterocycles. The van der Waals surface area contributed by atoms with E-state index in [9.17, 15) is 0 Å². The Hall–Kier alpha value is -1.84. The van der Waals surface area contributed by atoms with Gasteiger partial charge in [0.25, 0.3) is 0 Å². The summed E-state index contributed by atoms with van der Waals surface area (Å²) in [7, 11) is 0. The van der Waals surface area contributed by atoms with E-state index in [-0.39, 0.29) is 0 Å². The zero-order valence-corrected chi connectivity index (χ0v) is 6.38. The highest BCUT2D eigenvalue weighted by molar-refractivity contribution is 5.56. The van der Waals surface area contributed by atoms with Crippen LogP contribution < -0.4 is 5.84 Å². The Balaban J connectivity index is 2.45. The molecule has 4 nitrogen and oxygen atoms in total. The van der Waals surface area contributed by atoms with Crippen molar-refractivity contribution in [1.29, 1.82) is 0 Å². The average molecular weight is 160 g/mol. The molecule has 0 fully saturated rings. The van der Waals surface area contributed by atoms with Crippen molar-refractivity contribution in [2.45, 2.75) is 0 Å². The molecule has 0 saturated carbocycles. The van der Waals surface area contributed by atoms with Crippen LogP contribution in [0, 0.1) is 0 Å². The minimum Gasteiger partial charge on any atom is -0.338 e. The Morgan fingerprint density at radius 1 is 1.42 bits per heavy atom. The van der Waals surface area contributed by atoms with Gasteiger partial charge in [-0.15, -0.1) is 0 Å². The van der Waals surface area contributed by atoms with E-state index >= 15 is 0 Å². The molecule has 0 unspecified atom stereocenters. The van der Waals surface area contributed by atoms with E-state index in [1.807, 2.05) is 12.1 Å². The van der Waals surface area contributed by atoms with Crippen LogP contribution in [0.25, 0.3) is 11.3 Å². The molecule has 2 aromatic rings. The summed E-state index contributed by atoms with van der Waals surface area (Å²) in [5.74, 6) is 5.45. The van der Waals surface area contributed by atoms with Gasteiger partial charge in [0.05, 0.1) is 11.9 Å². The van der Waals surface area contributed by atoms with E-state index in [2.05, 4.69) is 9.97 Å². The minimum atomic E-state index is 0.839. The first-order valence-corrected chi connectivity index (χ1v) is 3.56. The molecule has 0 radical (unpaired) electrons. The normalized spacial score (nSPS) is 10.0. The Morgan fingerprint density at radius 3 is 2.92 bits per heavy atom. The zero-order valence-electron chi connectivity index (χ0n) is 6.38. The van der Waals surface area contributed by atoms with Gasteiger partial charge in [-0.2, -0.15) is 0 Å². The molecular weight excluding hydrogens is 152 g/mol. The second kappa shape index (κ2) is 2.65. The van der Waals surface area contributed by atoms with Crippen molar-refractivity contribution in [1.82, 2.24) is 14.6 Å². The molecule has 0 aromatic carbocycles. The summed E-state index contributed by atoms with van der Waals surface area (Å²) in [5.41, 5.74) is 1.81. The third-order valence-electron chi connectivity index (χ3n) is 1.56. The van der Waals surface area contributed by atoms with Crippen LogP contribution in [-0.2, 0) is 0 Å². The number of rotatable bonds is 1. The van der Waals surface area contributed by atoms with Crippen LogP contribution in [-0.4, -0.2) is 14.6 Å². The monoisotopic (exact) mass is 160 g/mol. The van der Waals surface area contributed by atoms with E-state index in [0.29, 0.717) is 0 Å². The van der Waals surface area contributed by atoms with Crippen LogP contribution in [0.3, 0.4) is 0 Å². The van der Waals surface area contributed by atoms with Crippen molar-refractivity contribution in [2.75, 3.05) is 5.84 Å². The predicted octanol–water partition coefficient (Wildman–Crippen LogP) is 0.659. The highest BCUT2D eigenvalue weighted by Crippen LogP contribution is 2.13. The fourth-order valence-electron chi connectivity index (χ4n) is 1.00. The van der Waals surface area contributed by atoms with E-state index in [1.165, 1.54) is 4.68 Å². The van der Waals surface area contributed by atoms with Gasteiger partial charge in [0, 0.05) is 18.0 Å². The van der Waals surface area contributed by atoms with Crippen LogP contribution in [0.4, 0.5) is 0 Å². The number of aromatic nitrogens is 3. The van der Waals surface area contributed by atoms with Gasteiger partial charge in [-0.05, 0) is 12.1 Å². The van der Waals surface area contributed by atoms with Gasteiger partial charge >= 0.3 is 0 Å². The first kappa shape index (κ1) is 6.84. The molecule has 12 heavy (non-hydrogen) atoms. The molecule has 0 aliphatic rings. The highest BCUT2D eigenvalue weighted by atomic mass is 15.3. The quantitative estimate of drug-likeness (QED) is 0.623. The molecule has 0 saturated heterocycles. The van der Waals surface area contributed by atoms with Crippen molar-refractivity contribution < 1.29 is 0 Å². The van der Waals surface area contributed by atoms with Crippen molar-refractivity contribution in [2.24, 2.45) is 0 Å². The van der Waals surface area contributed by atoms with Crippen LogP contribution in [0.5, 0.6) is 0 Å². The summed E-state index contributed by atoms with van der Waals surface area (Å²) < 4.78 is 1.42. The summed E-state index contributed by atoms with van der Waals surface area (Å²) in [6.45, 7) is 0. The van der Waals surface area contributed by atoms with Crippen LogP contribution in [0.2, 0.25) is 0 Å². The Morgan fingerprint density at radius 2 is 2.33 bits per heavy atom. The number of hydrogen-bond donors (Lipinski definition) is 1. The number of pyridine rings is 1. The van der Waals surface area contributed by atoms with Gasteiger partial charge in [0.15, 0.2) is 0 Å². The lowest BCUT2D eigenvalue weighted by Gasteiger charge is -1.92. The van der Waals surface area contributed by atoms with Crippen LogP contribution in [0.1, 0.15) is 0 Å². The van der Waals surface area contributed by atoms with Crippen LogP contribution in [0.15, 0.2) is 37.1 Å². The van der Waals surface area contributed by atoms with Gasteiger partial charge in [-0.3, -0.25) is 9.66 Å². The van der Waals surface area contributed by atoms with E-state index in [4.69, 9.17) is 5.84 Å². The molecule has 4 heteroatoms. The molecule has 2 rings (SSSR count).